The van der Waals surface area contributed by atoms with E-state index in [1.807, 2.05) is 30.3 Å². The maximum atomic E-state index is 12.5. The number of aromatic nitrogens is 2. The Kier molecular flexibility index (Phi) is 7.29. The Morgan fingerprint density at radius 1 is 1.17 bits per heavy atom. The molecule has 0 aliphatic carbocycles. The van der Waals surface area contributed by atoms with E-state index in [0.717, 1.165) is 5.56 Å². The molecule has 1 amide bonds. The van der Waals surface area contributed by atoms with Crippen molar-refractivity contribution in [3.8, 4) is 0 Å². The van der Waals surface area contributed by atoms with Gasteiger partial charge in [0.2, 0.25) is 11.8 Å². The van der Waals surface area contributed by atoms with Crippen LogP contribution in [0.4, 0.5) is 0 Å². The molecule has 0 saturated heterocycles. The van der Waals surface area contributed by atoms with E-state index < -0.39 is 18.2 Å². The topological polar surface area (TPSA) is 140 Å². The number of aliphatic hydroxyl groups is 1. The predicted octanol–water partition coefficient (Wildman–Crippen LogP) is 1.44. The van der Waals surface area contributed by atoms with Crippen LogP contribution in [0.1, 0.15) is 36.8 Å². The molecule has 2 aromatic heterocycles. The van der Waals surface area contributed by atoms with E-state index in [2.05, 4.69) is 15.3 Å². The number of oxazole rings is 1. The molecule has 6 N–H and O–H groups in total. The van der Waals surface area contributed by atoms with Gasteiger partial charge in [0.15, 0.2) is 17.3 Å². The molecule has 0 bridgehead atoms. The van der Waals surface area contributed by atoms with Crippen LogP contribution in [0.15, 0.2) is 53.1 Å². The summed E-state index contributed by atoms with van der Waals surface area (Å²) < 4.78 is 5.65. The van der Waals surface area contributed by atoms with Gasteiger partial charge in [-0.2, -0.15) is 4.98 Å². The zero-order chi connectivity index (χ0) is 20.6. The number of benzene rings is 1. The second kappa shape index (κ2) is 10.1. The summed E-state index contributed by atoms with van der Waals surface area (Å²) in [7, 11) is 0. The van der Waals surface area contributed by atoms with E-state index in [-0.39, 0.29) is 11.8 Å². The number of aryl methyl sites for hydroxylation is 1. The summed E-state index contributed by atoms with van der Waals surface area (Å²) in [5, 5.41) is 13.8. The summed E-state index contributed by atoms with van der Waals surface area (Å²) in [6, 6.07) is 12.0. The standard InChI is InChI=1S/C21H27N5O3/c22-12-4-8-15(23)20(28)25-16(11-10-14-6-2-1-3-7-14)18(27)21-26-19-17(29-21)9-5-13-24-19/h1-3,5-7,9,13,15-16,18,27H,4,8,10-12,22-23H2,(H,25,28)/t15-,16-,18-/m1/s1. The number of amides is 1. The number of pyridine rings is 1. The lowest BCUT2D eigenvalue weighted by Gasteiger charge is -2.24. The molecule has 2 heterocycles. The van der Waals surface area contributed by atoms with Gasteiger partial charge < -0.3 is 26.3 Å². The molecular formula is C21H27N5O3. The monoisotopic (exact) mass is 397 g/mol. The van der Waals surface area contributed by atoms with Crippen molar-refractivity contribution in [3.63, 3.8) is 0 Å². The van der Waals surface area contributed by atoms with Crippen LogP contribution in [0.5, 0.6) is 0 Å². The number of nitrogens with zero attached hydrogens (tertiary/aromatic N) is 2. The predicted molar refractivity (Wildman–Crippen MR) is 110 cm³/mol. The highest BCUT2D eigenvalue weighted by Crippen LogP contribution is 2.23. The van der Waals surface area contributed by atoms with E-state index >= 15 is 0 Å². The van der Waals surface area contributed by atoms with E-state index in [0.29, 0.717) is 43.5 Å². The molecule has 8 heteroatoms. The normalized spacial score (nSPS) is 14.4. The summed E-state index contributed by atoms with van der Waals surface area (Å²) in [6.07, 6.45) is 2.77. The molecule has 154 valence electrons. The van der Waals surface area contributed by atoms with Crippen molar-refractivity contribution in [2.75, 3.05) is 6.54 Å². The summed E-state index contributed by atoms with van der Waals surface area (Å²) in [5.41, 5.74) is 13.5. The van der Waals surface area contributed by atoms with Gasteiger partial charge in [0.05, 0.1) is 12.1 Å². The highest BCUT2D eigenvalue weighted by Gasteiger charge is 2.28. The average Bonchev–Trinajstić information content (AvgIpc) is 3.19. The molecule has 3 rings (SSSR count). The first-order valence-electron chi connectivity index (χ1n) is 9.78. The third-order valence-corrected chi connectivity index (χ3v) is 4.79. The lowest BCUT2D eigenvalue weighted by Crippen LogP contribution is -2.48. The highest BCUT2D eigenvalue weighted by molar-refractivity contribution is 5.81. The zero-order valence-corrected chi connectivity index (χ0v) is 16.2. The number of nitrogens with one attached hydrogen (secondary N) is 1. The molecule has 0 aliphatic rings. The first kappa shape index (κ1) is 20.9. The number of rotatable bonds is 10. The van der Waals surface area contributed by atoms with Crippen molar-refractivity contribution in [1.82, 2.24) is 15.3 Å². The minimum atomic E-state index is -1.13. The molecule has 8 nitrogen and oxygen atoms in total. The van der Waals surface area contributed by atoms with Gasteiger partial charge in [0, 0.05) is 6.20 Å². The van der Waals surface area contributed by atoms with Crippen molar-refractivity contribution in [3.05, 3.63) is 60.1 Å². The van der Waals surface area contributed by atoms with Crippen molar-refractivity contribution in [1.29, 1.82) is 0 Å². The molecular weight excluding hydrogens is 370 g/mol. The number of carbonyl (C=O) groups is 1. The lowest BCUT2D eigenvalue weighted by atomic mass is 10.00. The van der Waals surface area contributed by atoms with E-state index in [4.69, 9.17) is 15.9 Å². The zero-order valence-electron chi connectivity index (χ0n) is 16.2. The molecule has 3 aromatic rings. The Morgan fingerprint density at radius 2 is 1.97 bits per heavy atom. The van der Waals surface area contributed by atoms with Crippen molar-refractivity contribution < 1.29 is 14.3 Å². The fourth-order valence-electron chi connectivity index (χ4n) is 3.12. The van der Waals surface area contributed by atoms with Crippen LogP contribution >= 0.6 is 0 Å². The Morgan fingerprint density at radius 3 is 2.69 bits per heavy atom. The minimum absolute atomic E-state index is 0.118. The molecule has 1 aromatic carbocycles. The first-order valence-corrected chi connectivity index (χ1v) is 9.78. The van der Waals surface area contributed by atoms with Gasteiger partial charge in [0.25, 0.3) is 0 Å². The largest absolute Gasteiger partial charge is 0.436 e. The highest BCUT2D eigenvalue weighted by atomic mass is 16.4. The van der Waals surface area contributed by atoms with Gasteiger partial charge in [-0.1, -0.05) is 30.3 Å². The third kappa shape index (κ3) is 5.60. The number of carbonyl (C=O) groups excluding carboxylic acids is 1. The van der Waals surface area contributed by atoms with Crippen LogP contribution in [0, 0.1) is 0 Å². The second-order valence-electron chi connectivity index (χ2n) is 7.00. The summed E-state index contributed by atoms with van der Waals surface area (Å²) in [5.74, 6) is -0.211. The van der Waals surface area contributed by atoms with Gasteiger partial charge in [-0.15, -0.1) is 0 Å². The summed E-state index contributed by atoms with van der Waals surface area (Å²) in [6.45, 7) is 0.469. The van der Waals surface area contributed by atoms with Crippen LogP contribution in [-0.2, 0) is 11.2 Å². The van der Waals surface area contributed by atoms with Crippen LogP contribution in [0.2, 0.25) is 0 Å². The number of hydrogen-bond donors (Lipinski definition) is 4. The Hall–Kier alpha value is -2.81. The van der Waals surface area contributed by atoms with Crippen molar-refractivity contribution >= 4 is 17.1 Å². The van der Waals surface area contributed by atoms with E-state index in [1.165, 1.54) is 0 Å². The summed E-state index contributed by atoms with van der Waals surface area (Å²) in [4.78, 5) is 20.9. The molecule has 0 unspecified atom stereocenters. The quantitative estimate of drug-likeness (QED) is 0.406. The Bertz CT molecular complexity index is 882. The SMILES string of the molecule is NCCC[C@@H](N)C(=O)N[C@H](CCc1ccccc1)[C@@H](O)c1nc2ncccc2o1. The lowest BCUT2D eigenvalue weighted by molar-refractivity contribution is -0.124. The fourth-order valence-corrected chi connectivity index (χ4v) is 3.12. The smallest absolute Gasteiger partial charge is 0.237 e. The van der Waals surface area contributed by atoms with Crippen LogP contribution in [0.3, 0.4) is 0 Å². The van der Waals surface area contributed by atoms with Gasteiger partial charge in [-0.3, -0.25) is 4.79 Å². The number of hydrogen-bond acceptors (Lipinski definition) is 7. The van der Waals surface area contributed by atoms with Crippen molar-refractivity contribution in [2.45, 2.75) is 43.9 Å². The third-order valence-electron chi connectivity index (χ3n) is 4.79. The Labute approximate surface area is 169 Å². The fraction of sp³-hybridized carbons (Fsp3) is 0.381. The van der Waals surface area contributed by atoms with Crippen LogP contribution in [0.25, 0.3) is 11.2 Å². The second-order valence-corrected chi connectivity index (χ2v) is 7.00. The van der Waals surface area contributed by atoms with E-state index in [9.17, 15) is 9.90 Å². The molecule has 0 fully saturated rings. The molecule has 0 aliphatic heterocycles. The van der Waals surface area contributed by atoms with Gasteiger partial charge in [0.1, 0.15) is 0 Å². The molecule has 0 spiro atoms. The van der Waals surface area contributed by atoms with Gasteiger partial charge >= 0.3 is 0 Å². The van der Waals surface area contributed by atoms with Crippen molar-refractivity contribution in [2.24, 2.45) is 11.5 Å². The van der Waals surface area contributed by atoms with Gasteiger partial charge in [-0.05, 0) is 49.9 Å². The maximum absolute atomic E-state index is 12.5. The van der Waals surface area contributed by atoms with E-state index in [1.54, 1.807) is 18.3 Å². The molecule has 0 saturated carbocycles. The van der Waals surface area contributed by atoms with Crippen LogP contribution < -0.4 is 16.8 Å². The maximum Gasteiger partial charge on any atom is 0.237 e. The number of nitrogens with two attached hydrogens (primary N) is 2. The molecule has 0 radical (unpaired) electrons. The average molecular weight is 397 g/mol. The summed E-state index contributed by atoms with van der Waals surface area (Å²) >= 11 is 0. The Balaban J connectivity index is 1.75. The van der Waals surface area contributed by atoms with Gasteiger partial charge in [-0.25, -0.2) is 4.98 Å². The van der Waals surface area contributed by atoms with Crippen LogP contribution in [-0.4, -0.2) is 39.6 Å². The first-order chi connectivity index (χ1) is 14.1. The molecule has 29 heavy (non-hydrogen) atoms. The number of aliphatic hydroxyl groups excluding tert-OH is 1. The molecule has 3 atom stereocenters. The number of fused-ring (bicyclic) bond motifs is 1. The minimum Gasteiger partial charge on any atom is -0.436 e.